The number of fused-ring (bicyclic) bond motifs is 2. The number of nitrogens with one attached hydrogen (secondary N) is 1. The van der Waals surface area contributed by atoms with Crippen molar-refractivity contribution in [3.63, 3.8) is 0 Å². The third-order valence-corrected chi connectivity index (χ3v) is 2.50. The molecule has 0 amide bonds. The molecule has 0 spiro atoms. The molecule has 1 aromatic heterocycles. The SMILES string of the molecule is NC1COc2cc3cc[nH]c3cc21. The Morgan fingerprint density at radius 2 is 2.38 bits per heavy atom. The third kappa shape index (κ3) is 0.876. The summed E-state index contributed by atoms with van der Waals surface area (Å²) in [6.07, 6.45) is 1.92. The molecule has 0 radical (unpaired) electrons. The predicted octanol–water partition coefficient (Wildman–Crippen LogP) is 1.56. The molecule has 3 N–H and O–H groups in total. The molecule has 3 rings (SSSR count). The fourth-order valence-corrected chi connectivity index (χ4v) is 1.78. The van der Waals surface area contributed by atoms with Crippen molar-refractivity contribution in [2.24, 2.45) is 5.73 Å². The fraction of sp³-hybridized carbons (Fsp3) is 0.200. The summed E-state index contributed by atoms with van der Waals surface area (Å²) in [6.45, 7) is 0.599. The predicted molar refractivity (Wildman–Crippen MR) is 50.7 cm³/mol. The number of hydrogen-bond donors (Lipinski definition) is 2. The van der Waals surface area contributed by atoms with E-state index in [1.807, 2.05) is 18.3 Å². The van der Waals surface area contributed by atoms with Gasteiger partial charge in [0.1, 0.15) is 12.4 Å². The molecular formula is C10H10N2O. The van der Waals surface area contributed by atoms with Gasteiger partial charge in [0.05, 0.1) is 6.04 Å². The quantitative estimate of drug-likeness (QED) is 0.636. The van der Waals surface area contributed by atoms with Crippen molar-refractivity contribution in [3.05, 3.63) is 30.0 Å². The van der Waals surface area contributed by atoms with E-state index >= 15 is 0 Å². The van der Waals surface area contributed by atoms with Gasteiger partial charge in [-0.2, -0.15) is 0 Å². The van der Waals surface area contributed by atoms with Crippen molar-refractivity contribution in [1.82, 2.24) is 4.98 Å². The van der Waals surface area contributed by atoms with Gasteiger partial charge >= 0.3 is 0 Å². The molecule has 0 saturated heterocycles. The van der Waals surface area contributed by atoms with Gasteiger partial charge in [0.2, 0.25) is 0 Å². The Labute approximate surface area is 75.5 Å². The number of nitrogens with two attached hydrogens (primary N) is 1. The van der Waals surface area contributed by atoms with Crippen LogP contribution in [0.3, 0.4) is 0 Å². The molecule has 0 aliphatic carbocycles. The summed E-state index contributed by atoms with van der Waals surface area (Å²) in [4.78, 5) is 3.16. The van der Waals surface area contributed by atoms with Gasteiger partial charge in [0.15, 0.2) is 0 Å². The summed E-state index contributed by atoms with van der Waals surface area (Å²) in [5.41, 5.74) is 8.10. The number of benzene rings is 1. The maximum Gasteiger partial charge on any atom is 0.125 e. The molecule has 1 unspecified atom stereocenters. The maximum atomic E-state index is 5.87. The van der Waals surface area contributed by atoms with Crippen molar-refractivity contribution in [3.8, 4) is 5.75 Å². The summed E-state index contributed by atoms with van der Waals surface area (Å²) in [7, 11) is 0. The van der Waals surface area contributed by atoms with E-state index < -0.39 is 0 Å². The van der Waals surface area contributed by atoms with E-state index in [1.165, 1.54) is 5.39 Å². The first kappa shape index (κ1) is 6.97. The Morgan fingerprint density at radius 3 is 3.31 bits per heavy atom. The molecule has 1 aromatic carbocycles. The number of H-pyrrole nitrogens is 1. The first-order chi connectivity index (χ1) is 6.34. The summed E-state index contributed by atoms with van der Waals surface area (Å²) in [5, 5.41) is 1.17. The highest BCUT2D eigenvalue weighted by molar-refractivity contribution is 5.82. The molecule has 1 aliphatic rings. The van der Waals surface area contributed by atoms with E-state index in [0.29, 0.717) is 6.61 Å². The Morgan fingerprint density at radius 1 is 1.46 bits per heavy atom. The van der Waals surface area contributed by atoms with E-state index in [2.05, 4.69) is 11.1 Å². The number of aromatic amines is 1. The zero-order valence-electron chi connectivity index (χ0n) is 7.08. The van der Waals surface area contributed by atoms with Crippen LogP contribution in [0.1, 0.15) is 11.6 Å². The fourth-order valence-electron chi connectivity index (χ4n) is 1.78. The lowest BCUT2D eigenvalue weighted by molar-refractivity contribution is 0.333. The van der Waals surface area contributed by atoms with Crippen molar-refractivity contribution in [2.75, 3.05) is 6.61 Å². The van der Waals surface area contributed by atoms with Crippen LogP contribution in [-0.2, 0) is 0 Å². The smallest absolute Gasteiger partial charge is 0.125 e. The Balaban J connectivity index is 2.34. The van der Waals surface area contributed by atoms with Crippen molar-refractivity contribution in [1.29, 1.82) is 0 Å². The zero-order valence-corrected chi connectivity index (χ0v) is 7.08. The van der Waals surface area contributed by atoms with E-state index in [0.717, 1.165) is 16.8 Å². The van der Waals surface area contributed by atoms with Crippen molar-refractivity contribution >= 4 is 10.9 Å². The van der Waals surface area contributed by atoms with Crippen molar-refractivity contribution in [2.45, 2.75) is 6.04 Å². The Kier molecular flexibility index (Phi) is 1.21. The van der Waals surface area contributed by atoms with Crippen LogP contribution in [0.25, 0.3) is 10.9 Å². The Hall–Kier alpha value is -1.48. The number of hydrogen-bond acceptors (Lipinski definition) is 2. The highest BCUT2D eigenvalue weighted by Crippen LogP contribution is 2.34. The van der Waals surface area contributed by atoms with Gasteiger partial charge in [-0.05, 0) is 18.2 Å². The van der Waals surface area contributed by atoms with E-state index in [9.17, 15) is 0 Å². The zero-order chi connectivity index (χ0) is 8.84. The van der Waals surface area contributed by atoms with Gasteiger partial charge in [0, 0.05) is 22.7 Å². The lowest BCUT2D eigenvalue weighted by Gasteiger charge is -2.00. The molecule has 0 bridgehead atoms. The van der Waals surface area contributed by atoms with Gasteiger partial charge in [-0.15, -0.1) is 0 Å². The van der Waals surface area contributed by atoms with Gasteiger partial charge < -0.3 is 15.5 Å². The first-order valence-corrected chi connectivity index (χ1v) is 4.34. The molecule has 13 heavy (non-hydrogen) atoms. The Bertz CT molecular complexity index is 461. The molecule has 3 nitrogen and oxygen atoms in total. The lowest BCUT2D eigenvalue weighted by Crippen LogP contribution is -2.10. The maximum absolute atomic E-state index is 5.87. The van der Waals surface area contributed by atoms with E-state index in [4.69, 9.17) is 10.5 Å². The highest BCUT2D eigenvalue weighted by Gasteiger charge is 2.20. The molecule has 0 saturated carbocycles. The van der Waals surface area contributed by atoms with Crippen LogP contribution < -0.4 is 10.5 Å². The molecule has 3 heteroatoms. The first-order valence-electron chi connectivity index (χ1n) is 4.34. The molecule has 66 valence electrons. The van der Waals surface area contributed by atoms with Crippen LogP contribution in [0.4, 0.5) is 0 Å². The topological polar surface area (TPSA) is 51.0 Å². The average molecular weight is 174 g/mol. The van der Waals surface area contributed by atoms with Crippen LogP contribution in [0.15, 0.2) is 24.4 Å². The molecule has 2 heterocycles. The second kappa shape index (κ2) is 2.26. The van der Waals surface area contributed by atoms with Gasteiger partial charge in [-0.1, -0.05) is 0 Å². The number of aromatic nitrogens is 1. The molecule has 1 aliphatic heterocycles. The van der Waals surface area contributed by atoms with Crippen LogP contribution >= 0.6 is 0 Å². The second-order valence-electron chi connectivity index (χ2n) is 3.37. The molecule has 0 fully saturated rings. The van der Waals surface area contributed by atoms with Gasteiger partial charge in [-0.25, -0.2) is 0 Å². The minimum atomic E-state index is 0.0303. The number of rotatable bonds is 0. The van der Waals surface area contributed by atoms with E-state index in [1.54, 1.807) is 0 Å². The van der Waals surface area contributed by atoms with Crippen LogP contribution in [0.5, 0.6) is 5.75 Å². The minimum Gasteiger partial charge on any atom is -0.491 e. The monoisotopic (exact) mass is 174 g/mol. The largest absolute Gasteiger partial charge is 0.491 e. The summed E-state index contributed by atoms with van der Waals surface area (Å²) >= 11 is 0. The van der Waals surface area contributed by atoms with Gasteiger partial charge in [-0.3, -0.25) is 0 Å². The molecular weight excluding hydrogens is 164 g/mol. The second-order valence-corrected chi connectivity index (χ2v) is 3.37. The number of ether oxygens (including phenoxy) is 1. The average Bonchev–Trinajstić information content (AvgIpc) is 2.70. The van der Waals surface area contributed by atoms with Gasteiger partial charge in [0.25, 0.3) is 0 Å². The summed E-state index contributed by atoms with van der Waals surface area (Å²) in [5.74, 6) is 0.930. The molecule has 1 atom stereocenters. The van der Waals surface area contributed by atoms with Crippen LogP contribution in [0, 0.1) is 0 Å². The van der Waals surface area contributed by atoms with Crippen LogP contribution in [0.2, 0.25) is 0 Å². The third-order valence-electron chi connectivity index (χ3n) is 2.50. The standard InChI is InChI=1S/C10H10N2O/c11-8-5-13-10-3-6-1-2-12-9(6)4-7(8)10/h1-4,8,12H,5,11H2. The minimum absolute atomic E-state index is 0.0303. The lowest BCUT2D eigenvalue weighted by atomic mass is 10.1. The molecule has 2 aromatic rings. The van der Waals surface area contributed by atoms with E-state index in [-0.39, 0.29) is 6.04 Å². The highest BCUT2D eigenvalue weighted by atomic mass is 16.5. The summed E-state index contributed by atoms with van der Waals surface area (Å²) in [6, 6.07) is 6.17. The summed E-state index contributed by atoms with van der Waals surface area (Å²) < 4.78 is 5.45. The van der Waals surface area contributed by atoms with Crippen molar-refractivity contribution < 1.29 is 4.74 Å². The normalized spacial score (nSPS) is 20.2. The van der Waals surface area contributed by atoms with Crippen LogP contribution in [-0.4, -0.2) is 11.6 Å².